The predicted octanol–water partition coefficient (Wildman–Crippen LogP) is 4.08. The third-order valence-electron chi connectivity index (χ3n) is 2.55. The fourth-order valence-corrected chi connectivity index (χ4v) is 2.49. The molecule has 3 aromatic rings. The Morgan fingerprint density at radius 1 is 1.10 bits per heavy atom. The highest BCUT2D eigenvalue weighted by Gasteiger charge is 2.09. The van der Waals surface area contributed by atoms with Gasteiger partial charge in [-0.1, -0.05) is 35.5 Å². The molecule has 0 saturated heterocycles. The molecule has 0 radical (unpaired) electrons. The lowest BCUT2D eigenvalue weighted by molar-refractivity contribution is 0.466. The van der Waals surface area contributed by atoms with Crippen molar-refractivity contribution >= 4 is 23.4 Å². The molecule has 0 fully saturated rings. The molecular formula is C14H10ClN3OS. The average molecular weight is 304 g/mol. The number of hydrogen-bond donors (Lipinski definition) is 0. The summed E-state index contributed by atoms with van der Waals surface area (Å²) >= 11 is 7.40. The average Bonchev–Trinajstić information content (AvgIpc) is 2.95. The summed E-state index contributed by atoms with van der Waals surface area (Å²) < 4.78 is 5.60. The number of rotatable bonds is 4. The van der Waals surface area contributed by atoms with Gasteiger partial charge < -0.3 is 4.42 Å². The fourth-order valence-electron chi connectivity index (χ4n) is 1.63. The first kappa shape index (κ1) is 13.1. The molecule has 3 rings (SSSR count). The lowest BCUT2D eigenvalue weighted by Gasteiger charge is -1.96. The standard InChI is InChI=1S/C14H10ClN3OS/c15-11-5-3-4-10(8-11)13-17-18-14(19-13)20-9-12-6-1-2-7-16-12/h1-8H,9H2. The van der Waals surface area contributed by atoms with Gasteiger partial charge in [0, 0.05) is 22.5 Å². The second-order valence-corrected chi connectivity index (χ2v) is 5.36. The highest BCUT2D eigenvalue weighted by Crippen LogP contribution is 2.26. The minimum atomic E-state index is 0.469. The van der Waals surface area contributed by atoms with E-state index in [0.717, 1.165) is 11.3 Å². The summed E-state index contributed by atoms with van der Waals surface area (Å²) in [6.45, 7) is 0. The lowest BCUT2D eigenvalue weighted by atomic mass is 10.2. The van der Waals surface area contributed by atoms with Crippen LogP contribution in [0.15, 0.2) is 58.3 Å². The van der Waals surface area contributed by atoms with E-state index < -0.39 is 0 Å². The number of nitrogens with zero attached hydrogens (tertiary/aromatic N) is 3. The molecule has 20 heavy (non-hydrogen) atoms. The first-order chi connectivity index (χ1) is 9.81. The van der Waals surface area contributed by atoms with Gasteiger partial charge in [0.15, 0.2) is 0 Å². The van der Waals surface area contributed by atoms with E-state index in [1.54, 1.807) is 18.3 Å². The van der Waals surface area contributed by atoms with Crippen LogP contribution in [-0.4, -0.2) is 15.2 Å². The molecule has 100 valence electrons. The zero-order valence-corrected chi connectivity index (χ0v) is 11.9. The van der Waals surface area contributed by atoms with Gasteiger partial charge in [0.1, 0.15) is 0 Å². The van der Waals surface area contributed by atoms with Crippen LogP contribution < -0.4 is 0 Å². The Hall–Kier alpha value is -1.85. The fraction of sp³-hybridized carbons (Fsp3) is 0.0714. The molecule has 0 aliphatic heterocycles. The third kappa shape index (κ3) is 3.18. The van der Waals surface area contributed by atoms with Crippen molar-refractivity contribution in [2.24, 2.45) is 0 Å². The summed E-state index contributed by atoms with van der Waals surface area (Å²) in [5, 5.41) is 9.20. The summed E-state index contributed by atoms with van der Waals surface area (Å²) in [6, 6.07) is 13.1. The largest absolute Gasteiger partial charge is 0.411 e. The van der Waals surface area contributed by atoms with Crippen molar-refractivity contribution in [3.05, 3.63) is 59.4 Å². The zero-order chi connectivity index (χ0) is 13.8. The highest BCUT2D eigenvalue weighted by molar-refractivity contribution is 7.98. The minimum Gasteiger partial charge on any atom is -0.411 e. The maximum absolute atomic E-state index is 5.94. The Morgan fingerprint density at radius 2 is 2.05 bits per heavy atom. The number of hydrogen-bond acceptors (Lipinski definition) is 5. The summed E-state index contributed by atoms with van der Waals surface area (Å²) in [5.74, 6) is 1.16. The zero-order valence-electron chi connectivity index (χ0n) is 10.4. The van der Waals surface area contributed by atoms with Gasteiger partial charge in [-0.05, 0) is 30.3 Å². The van der Waals surface area contributed by atoms with E-state index in [4.69, 9.17) is 16.0 Å². The smallest absolute Gasteiger partial charge is 0.277 e. The van der Waals surface area contributed by atoms with Crippen LogP contribution in [0.5, 0.6) is 0 Å². The monoisotopic (exact) mass is 303 g/mol. The molecule has 0 N–H and O–H groups in total. The normalized spacial score (nSPS) is 10.7. The van der Waals surface area contributed by atoms with Crippen molar-refractivity contribution in [1.29, 1.82) is 0 Å². The second kappa shape index (κ2) is 6.07. The van der Waals surface area contributed by atoms with Gasteiger partial charge in [-0.15, -0.1) is 10.2 Å². The van der Waals surface area contributed by atoms with Crippen molar-refractivity contribution < 1.29 is 4.42 Å². The lowest BCUT2D eigenvalue weighted by Crippen LogP contribution is -1.84. The number of pyridine rings is 1. The molecule has 0 atom stereocenters. The molecule has 4 nitrogen and oxygen atoms in total. The molecule has 2 aromatic heterocycles. The molecule has 0 aliphatic carbocycles. The Labute approximate surface area is 125 Å². The van der Waals surface area contributed by atoms with E-state index in [-0.39, 0.29) is 0 Å². The molecule has 0 amide bonds. The van der Waals surface area contributed by atoms with Gasteiger partial charge in [-0.25, -0.2) is 0 Å². The SMILES string of the molecule is Clc1cccc(-c2nnc(SCc3ccccn3)o2)c1. The van der Waals surface area contributed by atoms with Crippen molar-refractivity contribution in [1.82, 2.24) is 15.2 Å². The van der Waals surface area contributed by atoms with Gasteiger partial charge in [-0.2, -0.15) is 0 Å². The molecule has 0 spiro atoms. The molecular weight excluding hydrogens is 294 g/mol. The van der Waals surface area contributed by atoms with Crippen LogP contribution in [0, 0.1) is 0 Å². The molecule has 0 saturated carbocycles. The van der Waals surface area contributed by atoms with E-state index in [2.05, 4.69) is 15.2 Å². The van der Waals surface area contributed by atoms with Crippen LogP contribution in [0.25, 0.3) is 11.5 Å². The van der Waals surface area contributed by atoms with Gasteiger partial charge in [0.05, 0.1) is 5.69 Å². The Balaban J connectivity index is 1.71. The van der Waals surface area contributed by atoms with Gasteiger partial charge in [0.2, 0.25) is 5.89 Å². The molecule has 0 aliphatic rings. The topological polar surface area (TPSA) is 51.8 Å². The quantitative estimate of drug-likeness (QED) is 0.680. The summed E-state index contributed by atoms with van der Waals surface area (Å²) in [7, 11) is 0. The van der Waals surface area contributed by atoms with Gasteiger partial charge >= 0.3 is 0 Å². The van der Waals surface area contributed by atoms with Crippen LogP contribution >= 0.6 is 23.4 Å². The molecule has 1 aromatic carbocycles. The Bertz CT molecular complexity index is 702. The van der Waals surface area contributed by atoms with Gasteiger partial charge in [-0.3, -0.25) is 4.98 Å². The van der Waals surface area contributed by atoms with Crippen molar-refractivity contribution in [2.75, 3.05) is 0 Å². The first-order valence-electron chi connectivity index (χ1n) is 5.93. The molecule has 0 unspecified atom stereocenters. The molecule has 2 heterocycles. The van der Waals surface area contributed by atoms with Crippen molar-refractivity contribution in [3.8, 4) is 11.5 Å². The minimum absolute atomic E-state index is 0.469. The van der Waals surface area contributed by atoms with Crippen LogP contribution in [0.2, 0.25) is 5.02 Å². The van der Waals surface area contributed by atoms with E-state index in [1.807, 2.05) is 30.3 Å². The maximum atomic E-state index is 5.94. The summed E-state index contributed by atoms with van der Waals surface area (Å²) in [4.78, 5) is 4.24. The van der Waals surface area contributed by atoms with E-state index >= 15 is 0 Å². The van der Waals surface area contributed by atoms with Crippen molar-refractivity contribution in [3.63, 3.8) is 0 Å². The van der Waals surface area contributed by atoms with E-state index in [0.29, 0.717) is 21.9 Å². The van der Waals surface area contributed by atoms with Crippen LogP contribution in [-0.2, 0) is 5.75 Å². The highest BCUT2D eigenvalue weighted by atomic mass is 35.5. The van der Waals surface area contributed by atoms with Crippen molar-refractivity contribution in [2.45, 2.75) is 11.0 Å². The Morgan fingerprint density at radius 3 is 2.85 bits per heavy atom. The van der Waals surface area contributed by atoms with Crippen LogP contribution in [0.3, 0.4) is 0 Å². The summed E-state index contributed by atoms with van der Waals surface area (Å²) in [6.07, 6.45) is 1.76. The molecule has 0 bridgehead atoms. The maximum Gasteiger partial charge on any atom is 0.277 e. The predicted molar refractivity (Wildman–Crippen MR) is 78.5 cm³/mol. The van der Waals surface area contributed by atoms with E-state index in [9.17, 15) is 0 Å². The second-order valence-electron chi connectivity index (χ2n) is 3.99. The Kier molecular flexibility index (Phi) is 3.99. The number of halogens is 1. The number of thioether (sulfide) groups is 1. The summed E-state index contributed by atoms with van der Waals surface area (Å²) in [5.41, 5.74) is 1.79. The number of aromatic nitrogens is 3. The van der Waals surface area contributed by atoms with Crippen LogP contribution in [0.4, 0.5) is 0 Å². The first-order valence-corrected chi connectivity index (χ1v) is 7.30. The van der Waals surface area contributed by atoms with Gasteiger partial charge in [0.25, 0.3) is 5.22 Å². The number of benzene rings is 1. The van der Waals surface area contributed by atoms with E-state index in [1.165, 1.54) is 11.8 Å². The molecule has 6 heteroatoms. The third-order valence-corrected chi connectivity index (χ3v) is 3.63. The van der Waals surface area contributed by atoms with Crippen LogP contribution in [0.1, 0.15) is 5.69 Å².